The highest BCUT2D eigenvalue weighted by Crippen LogP contribution is 2.08. The Morgan fingerprint density at radius 2 is 1.76 bits per heavy atom. The van der Waals surface area contributed by atoms with Crippen molar-refractivity contribution in [3.05, 3.63) is 65.7 Å². The van der Waals surface area contributed by atoms with E-state index in [1.807, 2.05) is 0 Å². The molecular weight excluding hydrogens is 274 g/mol. The van der Waals surface area contributed by atoms with Crippen LogP contribution in [0.2, 0.25) is 0 Å². The normalized spacial score (nSPS) is 10.2. The summed E-state index contributed by atoms with van der Waals surface area (Å²) in [4.78, 5) is 11.6. The molecule has 1 amide bonds. The van der Waals surface area contributed by atoms with E-state index in [0.717, 1.165) is 5.56 Å². The van der Waals surface area contributed by atoms with Gasteiger partial charge in [-0.2, -0.15) is 0 Å². The largest absolute Gasteiger partial charge is 0.384 e. The highest BCUT2D eigenvalue weighted by atomic mass is 19.1. The lowest BCUT2D eigenvalue weighted by molar-refractivity contribution is -0.121. The van der Waals surface area contributed by atoms with Gasteiger partial charge in [0.15, 0.2) is 0 Å². The first-order valence-corrected chi connectivity index (χ1v) is 6.64. The van der Waals surface area contributed by atoms with E-state index in [0.29, 0.717) is 18.8 Å². The molecule has 2 aromatic carbocycles. The number of rotatable bonds is 6. The molecule has 3 nitrogen and oxygen atoms in total. The van der Waals surface area contributed by atoms with E-state index in [1.165, 1.54) is 24.3 Å². The van der Waals surface area contributed by atoms with E-state index in [2.05, 4.69) is 10.6 Å². The van der Waals surface area contributed by atoms with Gasteiger partial charge in [0.25, 0.3) is 0 Å². The molecule has 0 radical (unpaired) electrons. The second-order valence-electron chi connectivity index (χ2n) is 4.59. The van der Waals surface area contributed by atoms with E-state index in [1.54, 1.807) is 24.3 Å². The Kier molecular flexibility index (Phi) is 5.26. The van der Waals surface area contributed by atoms with Gasteiger partial charge in [0.05, 0.1) is 0 Å². The van der Waals surface area contributed by atoms with Gasteiger partial charge in [-0.1, -0.05) is 18.2 Å². The third kappa shape index (κ3) is 5.22. The number of hydrogen-bond acceptors (Lipinski definition) is 2. The minimum Gasteiger partial charge on any atom is -0.384 e. The standard InChI is InChI=1S/C16H16F2N2O/c17-13-6-4-12(5-7-13)11-20-16(21)8-9-19-15-3-1-2-14(18)10-15/h1-7,10,19H,8-9,11H2,(H,20,21). The SMILES string of the molecule is O=C(CCNc1cccc(F)c1)NCc1ccc(F)cc1. The Hall–Kier alpha value is -2.43. The topological polar surface area (TPSA) is 41.1 Å². The molecule has 110 valence electrons. The molecule has 0 saturated heterocycles. The first kappa shape index (κ1) is 15.0. The van der Waals surface area contributed by atoms with E-state index in [9.17, 15) is 13.6 Å². The third-order valence-corrected chi connectivity index (χ3v) is 2.91. The number of benzene rings is 2. The molecule has 2 N–H and O–H groups in total. The van der Waals surface area contributed by atoms with E-state index >= 15 is 0 Å². The maximum Gasteiger partial charge on any atom is 0.222 e. The molecule has 0 aliphatic carbocycles. The Bertz CT molecular complexity index is 599. The van der Waals surface area contributed by atoms with Crippen molar-refractivity contribution in [2.24, 2.45) is 0 Å². The van der Waals surface area contributed by atoms with Crippen molar-refractivity contribution in [3.63, 3.8) is 0 Å². The van der Waals surface area contributed by atoms with Crippen LogP contribution in [0.1, 0.15) is 12.0 Å². The Morgan fingerprint density at radius 1 is 1.00 bits per heavy atom. The van der Waals surface area contributed by atoms with Crippen LogP contribution in [0, 0.1) is 11.6 Å². The molecule has 0 aliphatic heterocycles. The van der Waals surface area contributed by atoms with Crippen LogP contribution in [0.5, 0.6) is 0 Å². The van der Waals surface area contributed by atoms with Gasteiger partial charge in [0.2, 0.25) is 5.91 Å². The molecule has 0 unspecified atom stereocenters. The van der Waals surface area contributed by atoms with E-state index < -0.39 is 0 Å². The molecule has 0 saturated carbocycles. The van der Waals surface area contributed by atoms with Crippen molar-refractivity contribution in [1.82, 2.24) is 5.32 Å². The third-order valence-electron chi connectivity index (χ3n) is 2.91. The second-order valence-corrected chi connectivity index (χ2v) is 4.59. The smallest absolute Gasteiger partial charge is 0.222 e. The molecule has 0 bridgehead atoms. The second kappa shape index (κ2) is 7.38. The maximum absolute atomic E-state index is 12.9. The van der Waals surface area contributed by atoms with Crippen molar-refractivity contribution >= 4 is 11.6 Å². The molecule has 0 atom stereocenters. The molecule has 5 heteroatoms. The van der Waals surface area contributed by atoms with Crippen molar-refractivity contribution in [2.45, 2.75) is 13.0 Å². The van der Waals surface area contributed by atoms with Gasteiger partial charge in [-0.15, -0.1) is 0 Å². The van der Waals surface area contributed by atoms with Crippen molar-refractivity contribution in [2.75, 3.05) is 11.9 Å². The van der Waals surface area contributed by atoms with Crippen LogP contribution in [0.4, 0.5) is 14.5 Å². The fourth-order valence-electron chi connectivity index (χ4n) is 1.81. The summed E-state index contributed by atoms with van der Waals surface area (Å²) in [5, 5.41) is 5.71. The molecule has 0 spiro atoms. The van der Waals surface area contributed by atoms with Crippen LogP contribution in [0.25, 0.3) is 0 Å². The van der Waals surface area contributed by atoms with Gasteiger partial charge in [0.1, 0.15) is 11.6 Å². The molecule has 2 aromatic rings. The van der Waals surface area contributed by atoms with Gasteiger partial charge >= 0.3 is 0 Å². The number of anilines is 1. The lowest BCUT2D eigenvalue weighted by Crippen LogP contribution is -2.24. The summed E-state index contributed by atoms with van der Waals surface area (Å²) in [7, 11) is 0. The average molecular weight is 290 g/mol. The predicted octanol–water partition coefficient (Wildman–Crippen LogP) is 3.08. The summed E-state index contributed by atoms with van der Waals surface area (Å²) in [5.74, 6) is -0.742. The summed E-state index contributed by atoms with van der Waals surface area (Å²) in [6.45, 7) is 0.776. The van der Waals surface area contributed by atoms with Crippen LogP contribution in [0.3, 0.4) is 0 Å². The van der Waals surface area contributed by atoms with Crippen LogP contribution in [-0.4, -0.2) is 12.5 Å². The number of carbonyl (C=O) groups excluding carboxylic acids is 1. The Morgan fingerprint density at radius 3 is 2.48 bits per heavy atom. The first-order chi connectivity index (χ1) is 10.1. The maximum atomic E-state index is 12.9. The summed E-state index contributed by atoms with van der Waals surface area (Å²) >= 11 is 0. The highest BCUT2D eigenvalue weighted by Gasteiger charge is 2.02. The predicted molar refractivity (Wildman–Crippen MR) is 77.8 cm³/mol. The summed E-state index contributed by atoms with van der Waals surface area (Å²) in [6, 6.07) is 12.0. The minimum absolute atomic E-state index is 0.122. The van der Waals surface area contributed by atoms with E-state index in [-0.39, 0.29) is 24.0 Å². The van der Waals surface area contributed by atoms with Crippen LogP contribution in [-0.2, 0) is 11.3 Å². The van der Waals surface area contributed by atoms with Gasteiger partial charge in [0, 0.05) is 25.2 Å². The molecule has 0 heterocycles. The van der Waals surface area contributed by atoms with Crippen LogP contribution < -0.4 is 10.6 Å². The van der Waals surface area contributed by atoms with Crippen LogP contribution in [0.15, 0.2) is 48.5 Å². The lowest BCUT2D eigenvalue weighted by atomic mass is 10.2. The average Bonchev–Trinajstić information content (AvgIpc) is 2.47. The molecule has 21 heavy (non-hydrogen) atoms. The number of hydrogen-bond donors (Lipinski definition) is 2. The van der Waals surface area contributed by atoms with Crippen molar-refractivity contribution < 1.29 is 13.6 Å². The first-order valence-electron chi connectivity index (χ1n) is 6.64. The number of nitrogens with one attached hydrogen (secondary N) is 2. The molecule has 2 rings (SSSR count). The fourth-order valence-corrected chi connectivity index (χ4v) is 1.81. The summed E-state index contributed by atoms with van der Waals surface area (Å²) in [5.41, 5.74) is 1.48. The summed E-state index contributed by atoms with van der Waals surface area (Å²) in [6.07, 6.45) is 0.276. The van der Waals surface area contributed by atoms with Crippen molar-refractivity contribution in [3.8, 4) is 0 Å². The van der Waals surface area contributed by atoms with Gasteiger partial charge < -0.3 is 10.6 Å². The monoisotopic (exact) mass is 290 g/mol. The van der Waals surface area contributed by atoms with Crippen molar-refractivity contribution in [1.29, 1.82) is 0 Å². The van der Waals surface area contributed by atoms with Gasteiger partial charge in [-0.25, -0.2) is 8.78 Å². The fraction of sp³-hybridized carbons (Fsp3) is 0.188. The number of carbonyl (C=O) groups is 1. The minimum atomic E-state index is -0.319. The summed E-state index contributed by atoms with van der Waals surface area (Å²) < 4.78 is 25.7. The zero-order valence-electron chi connectivity index (χ0n) is 11.4. The van der Waals surface area contributed by atoms with E-state index in [4.69, 9.17) is 0 Å². The number of halogens is 2. The molecule has 0 aromatic heterocycles. The van der Waals surface area contributed by atoms with Gasteiger partial charge in [-0.05, 0) is 35.9 Å². The quantitative estimate of drug-likeness (QED) is 0.858. The van der Waals surface area contributed by atoms with Crippen LogP contribution >= 0.6 is 0 Å². The molecule has 0 fully saturated rings. The lowest BCUT2D eigenvalue weighted by Gasteiger charge is -2.07. The van der Waals surface area contributed by atoms with Gasteiger partial charge in [-0.3, -0.25) is 4.79 Å². The highest BCUT2D eigenvalue weighted by molar-refractivity contribution is 5.76. The Labute approximate surface area is 122 Å². The number of amides is 1. The molecule has 0 aliphatic rings. The molecular formula is C16H16F2N2O. The zero-order valence-corrected chi connectivity index (χ0v) is 11.4. The zero-order chi connectivity index (χ0) is 15.1. The Balaban J connectivity index is 1.69.